The molecule has 158 valence electrons. The van der Waals surface area contributed by atoms with Crippen LogP contribution < -0.4 is 0 Å². The Hall–Kier alpha value is -0.860. The van der Waals surface area contributed by atoms with E-state index in [0.29, 0.717) is 11.3 Å². The SMILES string of the molecule is CCCCCC1(C)CCC(c2ccc(C3OCC(CCCC)CO3)cc2)CC1. The summed E-state index contributed by atoms with van der Waals surface area (Å²) in [5, 5.41) is 0. The molecule has 0 spiro atoms. The van der Waals surface area contributed by atoms with Crippen LogP contribution in [0.15, 0.2) is 24.3 Å². The van der Waals surface area contributed by atoms with Gasteiger partial charge in [0.2, 0.25) is 0 Å². The normalized spacial score (nSPS) is 31.0. The van der Waals surface area contributed by atoms with Crippen LogP contribution in [-0.4, -0.2) is 13.2 Å². The van der Waals surface area contributed by atoms with Gasteiger partial charge in [-0.25, -0.2) is 0 Å². The Labute approximate surface area is 173 Å². The third-order valence-electron chi connectivity index (χ3n) is 7.19. The lowest BCUT2D eigenvalue weighted by Gasteiger charge is -2.38. The molecule has 1 aromatic rings. The maximum atomic E-state index is 6.01. The van der Waals surface area contributed by atoms with E-state index < -0.39 is 0 Å². The molecule has 28 heavy (non-hydrogen) atoms. The van der Waals surface area contributed by atoms with Crippen molar-refractivity contribution < 1.29 is 9.47 Å². The van der Waals surface area contributed by atoms with E-state index in [1.807, 2.05) is 0 Å². The Morgan fingerprint density at radius 2 is 1.46 bits per heavy atom. The Morgan fingerprint density at radius 3 is 2.07 bits per heavy atom. The summed E-state index contributed by atoms with van der Waals surface area (Å²) in [5.41, 5.74) is 3.28. The Balaban J connectivity index is 1.46. The summed E-state index contributed by atoms with van der Waals surface area (Å²) in [5.74, 6) is 1.31. The van der Waals surface area contributed by atoms with Crippen LogP contribution in [0.5, 0.6) is 0 Å². The Bertz CT molecular complexity index is 548. The predicted molar refractivity (Wildman–Crippen MR) is 118 cm³/mol. The first-order chi connectivity index (χ1) is 13.6. The highest BCUT2D eigenvalue weighted by Crippen LogP contribution is 2.45. The summed E-state index contributed by atoms with van der Waals surface area (Å²) in [7, 11) is 0. The van der Waals surface area contributed by atoms with Crippen molar-refractivity contribution in [1.82, 2.24) is 0 Å². The molecule has 0 aromatic heterocycles. The van der Waals surface area contributed by atoms with Gasteiger partial charge in [-0.1, -0.05) is 77.1 Å². The van der Waals surface area contributed by atoms with Gasteiger partial charge >= 0.3 is 0 Å². The van der Waals surface area contributed by atoms with Crippen molar-refractivity contribution in [3.63, 3.8) is 0 Å². The number of hydrogen-bond donors (Lipinski definition) is 0. The number of rotatable bonds is 9. The molecular formula is C26H42O2. The second-order valence-corrected chi connectivity index (χ2v) is 9.72. The minimum absolute atomic E-state index is 0.167. The highest BCUT2D eigenvalue weighted by atomic mass is 16.7. The molecule has 1 aliphatic carbocycles. The molecule has 1 saturated heterocycles. The van der Waals surface area contributed by atoms with Crippen LogP contribution in [0, 0.1) is 11.3 Å². The van der Waals surface area contributed by atoms with Gasteiger partial charge in [0, 0.05) is 11.5 Å². The van der Waals surface area contributed by atoms with Crippen LogP contribution in [0.2, 0.25) is 0 Å². The standard InChI is InChI=1S/C26H42O2/c1-4-6-8-16-26(3)17-14-23(15-18-26)22-10-12-24(13-11-22)25-27-19-21(20-28-25)9-7-5-2/h10-13,21,23,25H,4-9,14-20H2,1-3H3. The fraction of sp³-hybridized carbons (Fsp3) is 0.769. The summed E-state index contributed by atoms with van der Waals surface area (Å²) in [6, 6.07) is 9.13. The van der Waals surface area contributed by atoms with E-state index in [1.165, 1.54) is 81.8 Å². The Morgan fingerprint density at radius 1 is 0.857 bits per heavy atom. The molecule has 2 heteroatoms. The summed E-state index contributed by atoms with van der Waals surface area (Å²) in [6.45, 7) is 8.75. The first-order valence-electron chi connectivity index (χ1n) is 12.0. The lowest BCUT2D eigenvalue weighted by atomic mass is 9.68. The monoisotopic (exact) mass is 386 g/mol. The highest BCUT2D eigenvalue weighted by molar-refractivity contribution is 5.26. The van der Waals surface area contributed by atoms with Gasteiger partial charge < -0.3 is 9.47 Å². The molecule has 0 bridgehead atoms. The molecule has 1 aliphatic heterocycles. The minimum Gasteiger partial charge on any atom is -0.348 e. The molecule has 0 N–H and O–H groups in total. The van der Waals surface area contributed by atoms with Crippen LogP contribution in [0.3, 0.4) is 0 Å². The van der Waals surface area contributed by atoms with Gasteiger partial charge in [0.25, 0.3) is 0 Å². The van der Waals surface area contributed by atoms with Gasteiger partial charge in [-0.2, -0.15) is 0 Å². The van der Waals surface area contributed by atoms with E-state index in [4.69, 9.17) is 9.47 Å². The summed E-state index contributed by atoms with van der Waals surface area (Å²) in [4.78, 5) is 0. The van der Waals surface area contributed by atoms with E-state index in [1.54, 1.807) is 0 Å². The van der Waals surface area contributed by atoms with Crippen LogP contribution >= 0.6 is 0 Å². The molecule has 2 aliphatic rings. The van der Waals surface area contributed by atoms with Gasteiger partial charge in [0.1, 0.15) is 0 Å². The fourth-order valence-corrected chi connectivity index (χ4v) is 5.02. The second-order valence-electron chi connectivity index (χ2n) is 9.72. The fourth-order valence-electron chi connectivity index (χ4n) is 5.02. The highest BCUT2D eigenvalue weighted by Gasteiger charge is 2.31. The largest absolute Gasteiger partial charge is 0.348 e. The average molecular weight is 387 g/mol. The number of ether oxygens (including phenoxy) is 2. The molecule has 0 radical (unpaired) electrons. The molecule has 0 atom stereocenters. The molecular weight excluding hydrogens is 344 g/mol. The van der Waals surface area contributed by atoms with Crippen molar-refractivity contribution in [1.29, 1.82) is 0 Å². The van der Waals surface area contributed by atoms with Crippen molar-refractivity contribution in [3.05, 3.63) is 35.4 Å². The maximum absolute atomic E-state index is 6.01. The summed E-state index contributed by atoms with van der Waals surface area (Å²) < 4.78 is 12.0. The first kappa shape index (κ1) is 21.8. The van der Waals surface area contributed by atoms with Crippen molar-refractivity contribution in [2.24, 2.45) is 11.3 Å². The zero-order valence-electron chi connectivity index (χ0n) is 18.6. The molecule has 2 nitrogen and oxygen atoms in total. The molecule has 3 rings (SSSR count). The molecule has 1 heterocycles. The van der Waals surface area contributed by atoms with E-state index in [2.05, 4.69) is 45.0 Å². The maximum Gasteiger partial charge on any atom is 0.183 e. The zero-order chi connectivity index (χ0) is 19.8. The summed E-state index contributed by atoms with van der Waals surface area (Å²) in [6.07, 6.45) is 14.6. The van der Waals surface area contributed by atoms with Crippen LogP contribution in [0.1, 0.15) is 115 Å². The van der Waals surface area contributed by atoms with E-state index in [9.17, 15) is 0 Å². The average Bonchev–Trinajstić information content (AvgIpc) is 2.73. The smallest absolute Gasteiger partial charge is 0.183 e. The summed E-state index contributed by atoms with van der Waals surface area (Å²) >= 11 is 0. The van der Waals surface area contributed by atoms with Gasteiger partial charge in [-0.15, -0.1) is 0 Å². The zero-order valence-corrected chi connectivity index (χ0v) is 18.6. The minimum atomic E-state index is -0.167. The van der Waals surface area contributed by atoms with E-state index >= 15 is 0 Å². The molecule has 1 saturated carbocycles. The van der Waals surface area contributed by atoms with Crippen LogP contribution in [0.4, 0.5) is 0 Å². The van der Waals surface area contributed by atoms with Crippen molar-refractivity contribution in [2.75, 3.05) is 13.2 Å². The third kappa shape index (κ3) is 6.07. The molecule has 1 aromatic carbocycles. The second kappa shape index (κ2) is 10.8. The number of hydrogen-bond acceptors (Lipinski definition) is 2. The third-order valence-corrected chi connectivity index (χ3v) is 7.19. The van der Waals surface area contributed by atoms with Crippen LogP contribution in [0.25, 0.3) is 0 Å². The quantitative estimate of drug-likeness (QED) is 0.403. The topological polar surface area (TPSA) is 18.5 Å². The van der Waals surface area contributed by atoms with E-state index in [-0.39, 0.29) is 6.29 Å². The van der Waals surface area contributed by atoms with Crippen molar-refractivity contribution in [2.45, 2.75) is 104 Å². The number of benzene rings is 1. The van der Waals surface area contributed by atoms with Gasteiger partial charge in [0.15, 0.2) is 6.29 Å². The molecule has 2 fully saturated rings. The lowest BCUT2D eigenvalue weighted by Crippen LogP contribution is -2.27. The Kier molecular flexibility index (Phi) is 8.41. The molecule has 0 unspecified atom stereocenters. The van der Waals surface area contributed by atoms with Crippen LogP contribution in [-0.2, 0) is 9.47 Å². The first-order valence-corrected chi connectivity index (χ1v) is 12.0. The van der Waals surface area contributed by atoms with E-state index in [0.717, 1.165) is 19.1 Å². The predicted octanol–water partition coefficient (Wildman–Crippen LogP) is 7.78. The number of unbranched alkanes of at least 4 members (excludes halogenated alkanes) is 3. The molecule has 0 amide bonds. The van der Waals surface area contributed by atoms with Crippen molar-refractivity contribution in [3.8, 4) is 0 Å². The lowest BCUT2D eigenvalue weighted by molar-refractivity contribution is -0.206. The van der Waals surface area contributed by atoms with Gasteiger partial charge in [0.05, 0.1) is 13.2 Å². The van der Waals surface area contributed by atoms with Gasteiger partial charge in [-0.05, 0) is 55.4 Å². The van der Waals surface area contributed by atoms with Gasteiger partial charge in [-0.3, -0.25) is 0 Å². The van der Waals surface area contributed by atoms with Crippen molar-refractivity contribution >= 4 is 0 Å².